The fourth-order valence-corrected chi connectivity index (χ4v) is 3.79. The van der Waals surface area contributed by atoms with E-state index in [0.717, 1.165) is 16.1 Å². The van der Waals surface area contributed by atoms with E-state index in [2.05, 4.69) is 15.2 Å². The zero-order chi connectivity index (χ0) is 16.6. The summed E-state index contributed by atoms with van der Waals surface area (Å²) < 4.78 is 0. The number of likely N-dealkylation sites (N-methyl/N-ethyl adjacent to an activating group) is 1. The Hall–Kier alpha value is -1.70. The molecule has 0 atom stereocenters. The summed E-state index contributed by atoms with van der Waals surface area (Å²) in [6.45, 7) is 3.80. The molecule has 0 N–H and O–H groups in total. The molecule has 0 spiro atoms. The van der Waals surface area contributed by atoms with Crippen LogP contribution in [-0.2, 0) is 4.79 Å². The minimum atomic E-state index is -0.0672. The lowest BCUT2D eigenvalue weighted by molar-refractivity contribution is -0.121. The average Bonchev–Trinajstić information content (AvgIpc) is 3.06. The molecule has 8 heteroatoms. The van der Waals surface area contributed by atoms with Gasteiger partial charge in [0.1, 0.15) is 5.01 Å². The second-order valence-corrected chi connectivity index (χ2v) is 7.50. The SMILES string of the molecule is C/C(=C1/S/C(=N/c2nnc(C)s2)N(C)C1=O)c1ccc(Cl)cc1. The Morgan fingerprint density at radius 1 is 1.26 bits per heavy atom. The van der Waals surface area contributed by atoms with Gasteiger partial charge in [0.05, 0.1) is 4.91 Å². The molecule has 5 nitrogen and oxygen atoms in total. The van der Waals surface area contributed by atoms with E-state index in [1.54, 1.807) is 7.05 Å². The largest absolute Gasteiger partial charge is 0.289 e. The smallest absolute Gasteiger partial charge is 0.266 e. The molecule has 1 aliphatic rings. The Kier molecular flexibility index (Phi) is 4.52. The molecule has 2 aromatic rings. The van der Waals surface area contributed by atoms with Crippen LogP contribution in [0.4, 0.5) is 5.13 Å². The summed E-state index contributed by atoms with van der Waals surface area (Å²) in [7, 11) is 1.71. The second-order valence-electron chi connectivity index (χ2n) is 4.93. The molecule has 1 saturated heterocycles. The minimum absolute atomic E-state index is 0.0672. The van der Waals surface area contributed by atoms with E-state index in [9.17, 15) is 4.79 Å². The van der Waals surface area contributed by atoms with E-state index in [0.29, 0.717) is 20.2 Å². The van der Waals surface area contributed by atoms with Crippen LogP contribution >= 0.6 is 34.7 Å². The van der Waals surface area contributed by atoms with Gasteiger partial charge in [0.2, 0.25) is 5.13 Å². The Bertz CT molecular complexity index is 826. The summed E-state index contributed by atoms with van der Waals surface area (Å²) >= 11 is 8.66. The summed E-state index contributed by atoms with van der Waals surface area (Å²) in [6.07, 6.45) is 0. The number of amides is 1. The predicted molar refractivity (Wildman–Crippen MR) is 96.1 cm³/mol. The van der Waals surface area contributed by atoms with Gasteiger partial charge in [-0.1, -0.05) is 35.1 Å². The first-order chi connectivity index (χ1) is 11.0. The molecule has 0 aliphatic carbocycles. The first-order valence-electron chi connectivity index (χ1n) is 6.77. The lowest BCUT2D eigenvalue weighted by atomic mass is 10.1. The quantitative estimate of drug-likeness (QED) is 0.752. The number of carbonyl (C=O) groups excluding carboxylic acids is 1. The van der Waals surface area contributed by atoms with Crippen LogP contribution in [0.25, 0.3) is 5.57 Å². The molecule has 0 radical (unpaired) electrons. The molecule has 2 heterocycles. The van der Waals surface area contributed by atoms with Crippen molar-refractivity contribution in [2.24, 2.45) is 4.99 Å². The maximum Gasteiger partial charge on any atom is 0.266 e. The molecular weight excluding hydrogens is 352 g/mol. The summed E-state index contributed by atoms with van der Waals surface area (Å²) in [6, 6.07) is 7.44. The minimum Gasteiger partial charge on any atom is -0.289 e. The number of hydrogen-bond acceptors (Lipinski definition) is 6. The van der Waals surface area contributed by atoms with Crippen molar-refractivity contribution in [3.8, 4) is 0 Å². The monoisotopic (exact) mass is 364 g/mol. The van der Waals surface area contributed by atoms with Crippen molar-refractivity contribution in [2.45, 2.75) is 13.8 Å². The van der Waals surface area contributed by atoms with E-state index in [1.807, 2.05) is 38.1 Å². The standard InChI is InChI=1S/C15H13ClN4OS2/c1-8(10-4-6-11(16)7-5-10)12-13(21)20(3)15(23-12)17-14-19-18-9(2)22-14/h4-7H,1-3H3/b12-8-,17-15+. The lowest BCUT2D eigenvalue weighted by Gasteiger charge is -2.06. The fourth-order valence-electron chi connectivity index (χ4n) is 2.02. The van der Waals surface area contributed by atoms with Gasteiger partial charge in [-0.2, -0.15) is 4.99 Å². The maximum absolute atomic E-state index is 12.5. The van der Waals surface area contributed by atoms with Crippen LogP contribution in [0, 0.1) is 6.92 Å². The fraction of sp³-hybridized carbons (Fsp3) is 0.200. The van der Waals surface area contributed by atoms with Gasteiger partial charge in [-0.25, -0.2) is 0 Å². The van der Waals surface area contributed by atoms with E-state index < -0.39 is 0 Å². The van der Waals surface area contributed by atoms with Crippen LogP contribution in [0.15, 0.2) is 34.2 Å². The predicted octanol–water partition coefficient (Wildman–Crippen LogP) is 4.12. The molecule has 1 aliphatic heterocycles. The molecule has 1 aromatic carbocycles. The van der Waals surface area contributed by atoms with Gasteiger partial charge >= 0.3 is 0 Å². The van der Waals surface area contributed by atoms with E-state index in [1.165, 1.54) is 28.0 Å². The summed E-state index contributed by atoms with van der Waals surface area (Å²) in [5.74, 6) is -0.0672. The number of aromatic nitrogens is 2. The van der Waals surface area contributed by atoms with Gasteiger partial charge in [-0.15, -0.1) is 10.2 Å². The van der Waals surface area contributed by atoms with Crippen LogP contribution in [0.3, 0.4) is 0 Å². The highest BCUT2D eigenvalue weighted by Gasteiger charge is 2.32. The zero-order valence-corrected chi connectivity index (χ0v) is 15.1. The van der Waals surface area contributed by atoms with Crippen LogP contribution < -0.4 is 0 Å². The van der Waals surface area contributed by atoms with Crippen molar-refractivity contribution in [3.05, 3.63) is 44.8 Å². The number of aliphatic imine (C=N–C) groups is 1. The molecule has 23 heavy (non-hydrogen) atoms. The van der Waals surface area contributed by atoms with Gasteiger partial charge < -0.3 is 0 Å². The van der Waals surface area contributed by atoms with Crippen molar-refractivity contribution in [1.29, 1.82) is 0 Å². The van der Waals surface area contributed by atoms with Crippen LogP contribution in [0.2, 0.25) is 5.02 Å². The number of allylic oxidation sites excluding steroid dienone is 1. The Morgan fingerprint density at radius 3 is 2.57 bits per heavy atom. The summed E-state index contributed by atoms with van der Waals surface area (Å²) in [4.78, 5) is 19.1. The lowest BCUT2D eigenvalue weighted by Crippen LogP contribution is -2.23. The van der Waals surface area contributed by atoms with Crippen LogP contribution in [0.1, 0.15) is 17.5 Å². The zero-order valence-electron chi connectivity index (χ0n) is 12.7. The van der Waals surface area contributed by atoms with Gasteiger partial charge in [-0.05, 0) is 48.9 Å². The van der Waals surface area contributed by atoms with Crippen LogP contribution in [0.5, 0.6) is 0 Å². The molecule has 118 valence electrons. The third kappa shape index (κ3) is 3.31. The number of amidine groups is 1. The molecule has 1 aromatic heterocycles. The third-order valence-electron chi connectivity index (χ3n) is 3.30. The van der Waals surface area contributed by atoms with Gasteiger partial charge in [0, 0.05) is 12.1 Å². The normalized spacial score (nSPS) is 18.9. The molecule has 0 bridgehead atoms. The van der Waals surface area contributed by atoms with Crippen molar-refractivity contribution < 1.29 is 4.79 Å². The summed E-state index contributed by atoms with van der Waals surface area (Å²) in [5, 5.41) is 10.6. The number of halogens is 1. The van der Waals surface area contributed by atoms with Crippen LogP contribution in [-0.4, -0.2) is 33.2 Å². The highest BCUT2D eigenvalue weighted by molar-refractivity contribution is 8.18. The molecule has 1 fully saturated rings. The van der Waals surface area contributed by atoms with Gasteiger partial charge in [0.25, 0.3) is 5.91 Å². The van der Waals surface area contributed by atoms with Crippen molar-refractivity contribution in [3.63, 3.8) is 0 Å². The van der Waals surface area contributed by atoms with Gasteiger partial charge in [0.15, 0.2) is 5.17 Å². The molecular formula is C15H13ClN4OS2. The van der Waals surface area contributed by atoms with Crippen molar-refractivity contribution in [1.82, 2.24) is 15.1 Å². The first-order valence-corrected chi connectivity index (χ1v) is 8.78. The average molecular weight is 365 g/mol. The third-order valence-corrected chi connectivity index (χ3v) is 5.52. The number of rotatable bonds is 2. The molecule has 1 amide bonds. The molecule has 0 unspecified atom stereocenters. The van der Waals surface area contributed by atoms with Crippen molar-refractivity contribution >= 4 is 56.5 Å². The highest BCUT2D eigenvalue weighted by Crippen LogP contribution is 2.37. The number of carbonyl (C=O) groups is 1. The maximum atomic E-state index is 12.5. The number of aryl methyl sites for hydroxylation is 1. The number of thioether (sulfide) groups is 1. The molecule has 3 rings (SSSR count). The number of nitrogens with zero attached hydrogens (tertiary/aromatic N) is 4. The molecule has 0 saturated carbocycles. The second kappa shape index (κ2) is 6.43. The van der Waals surface area contributed by atoms with E-state index in [-0.39, 0.29) is 5.91 Å². The Balaban J connectivity index is 1.95. The topological polar surface area (TPSA) is 58.5 Å². The number of benzene rings is 1. The van der Waals surface area contributed by atoms with Crippen molar-refractivity contribution in [2.75, 3.05) is 7.05 Å². The summed E-state index contributed by atoms with van der Waals surface area (Å²) in [5.41, 5.74) is 1.87. The van der Waals surface area contributed by atoms with Gasteiger partial charge in [-0.3, -0.25) is 9.69 Å². The first kappa shape index (κ1) is 16.2. The Morgan fingerprint density at radius 2 is 1.96 bits per heavy atom. The Labute approximate surface area is 147 Å². The van der Waals surface area contributed by atoms with E-state index in [4.69, 9.17) is 11.6 Å². The van der Waals surface area contributed by atoms with E-state index >= 15 is 0 Å². The number of hydrogen-bond donors (Lipinski definition) is 0. The highest BCUT2D eigenvalue weighted by atomic mass is 35.5.